The highest BCUT2D eigenvalue weighted by Crippen LogP contribution is 2.05. The van der Waals surface area contributed by atoms with E-state index in [9.17, 15) is 24.3 Å². The average molecular weight is 536 g/mol. The number of amides is 3. The van der Waals surface area contributed by atoms with Crippen LogP contribution >= 0.6 is 0 Å². The molecule has 0 aliphatic heterocycles. The number of guanidine groups is 2. The number of carboxylic acids is 1. The van der Waals surface area contributed by atoms with Gasteiger partial charge in [0.05, 0.1) is 0 Å². The molecular weight excluding hydrogens is 498 g/mol. The number of nitrogens with zero attached hydrogens (tertiary/aromatic N) is 2. The van der Waals surface area contributed by atoms with E-state index in [0.717, 1.165) is 5.56 Å². The number of hydrogen-bond acceptors (Lipinski definition) is 7. The van der Waals surface area contributed by atoms with Crippen LogP contribution in [0.4, 0.5) is 4.79 Å². The van der Waals surface area contributed by atoms with Crippen LogP contribution in [0.1, 0.15) is 38.2 Å². The Kier molecular flexibility index (Phi) is 14.1. The molecular formula is C23H37N9O6. The van der Waals surface area contributed by atoms with Gasteiger partial charge < -0.3 is 48.7 Å². The minimum atomic E-state index is -1.26. The summed E-state index contributed by atoms with van der Waals surface area (Å²) in [5.74, 6) is -2.92. The van der Waals surface area contributed by atoms with Gasteiger partial charge in [-0.15, -0.1) is 0 Å². The third-order valence-electron chi connectivity index (χ3n) is 5.08. The summed E-state index contributed by atoms with van der Waals surface area (Å²) in [6, 6.07) is 5.55. The lowest BCUT2D eigenvalue weighted by Gasteiger charge is -2.23. The summed E-state index contributed by atoms with van der Waals surface area (Å²) in [4.78, 5) is 57.0. The van der Waals surface area contributed by atoms with Crippen LogP contribution in [0.5, 0.6) is 0 Å². The Morgan fingerprint density at radius 3 is 1.89 bits per heavy atom. The number of aliphatic carboxylic acids is 1. The molecule has 0 fully saturated rings. The molecule has 1 aromatic rings. The fourth-order valence-electron chi connectivity index (χ4n) is 3.11. The van der Waals surface area contributed by atoms with Gasteiger partial charge in [0.15, 0.2) is 11.9 Å². The van der Waals surface area contributed by atoms with Gasteiger partial charge in [-0.05, 0) is 38.2 Å². The molecule has 0 aliphatic rings. The van der Waals surface area contributed by atoms with Gasteiger partial charge in [0.1, 0.15) is 24.7 Å². The number of rotatable bonds is 16. The van der Waals surface area contributed by atoms with Crippen LogP contribution in [0.25, 0.3) is 0 Å². The number of carbonyl (C=O) groups is 4. The summed E-state index contributed by atoms with van der Waals surface area (Å²) in [6.07, 6.45) is -0.0725. The molecule has 210 valence electrons. The van der Waals surface area contributed by atoms with Gasteiger partial charge >= 0.3 is 12.1 Å². The summed E-state index contributed by atoms with van der Waals surface area (Å²) < 4.78 is 5.11. The largest absolute Gasteiger partial charge is 0.480 e. The average Bonchev–Trinajstić information content (AvgIpc) is 2.86. The van der Waals surface area contributed by atoms with E-state index in [2.05, 4.69) is 25.9 Å². The fraction of sp³-hybridized carbons (Fsp3) is 0.478. The monoisotopic (exact) mass is 535 g/mol. The highest BCUT2D eigenvalue weighted by atomic mass is 16.5. The Morgan fingerprint density at radius 1 is 0.842 bits per heavy atom. The minimum Gasteiger partial charge on any atom is -0.480 e. The predicted molar refractivity (Wildman–Crippen MR) is 141 cm³/mol. The topological polar surface area (TPSA) is 263 Å². The van der Waals surface area contributed by atoms with E-state index < -0.39 is 42.0 Å². The van der Waals surface area contributed by atoms with Gasteiger partial charge in [0.2, 0.25) is 11.8 Å². The maximum absolute atomic E-state index is 12.9. The summed E-state index contributed by atoms with van der Waals surface area (Å²) in [5.41, 5.74) is 21.9. The lowest BCUT2D eigenvalue weighted by Crippen LogP contribution is -2.55. The van der Waals surface area contributed by atoms with E-state index in [0.29, 0.717) is 12.8 Å². The molecule has 0 spiro atoms. The number of carbonyl (C=O) groups excluding carboxylic acids is 3. The minimum absolute atomic E-state index is 0.0105. The number of benzene rings is 1. The second kappa shape index (κ2) is 17.0. The molecule has 1 aromatic carbocycles. The number of nitrogens with one attached hydrogen (secondary N) is 3. The van der Waals surface area contributed by atoms with Gasteiger partial charge in [-0.2, -0.15) is 0 Å². The molecule has 3 amide bonds. The van der Waals surface area contributed by atoms with E-state index >= 15 is 0 Å². The number of alkyl carbamates (subject to hydrolysis) is 1. The first kappa shape index (κ1) is 31.5. The van der Waals surface area contributed by atoms with Crippen LogP contribution in [-0.4, -0.2) is 72.1 Å². The quantitative estimate of drug-likeness (QED) is 0.0686. The van der Waals surface area contributed by atoms with Gasteiger partial charge in [0.25, 0.3) is 0 Å². The number of hydrogen-bond donors (Lipinski definition) is 8. The van der Waals surface area contributed by atoms with Crippen LogP contribution < -0.4 is 38.9 Å². The van der Waals surface area contributed by atoms with Crippen LogP contribution in [0.15, 0.2) is 40.3 Å². The van der Waals surface area contributed by atoms with Crippen molar-refractivity contribution in [2.24, 2.45) is 32.9 Å². The number of nitrogens with two attached hydrogens (primary N) is 4. The molecule has 0 radical (unpaired) electrons. The standard InChI is InChI=1S/C23H37N9O6/c1-14(30-23(37)38-13-15-7-3-2-4-8-15)18(33)31-16(9-5-11-28-21(24)25)19(34)32-17(20(35)36)10-6-12-29-22(26)27/h2-4,7-8,14,16-17H,5-6,9-13H2,1H3,(H,30,37)(H,31,33)(H,32,34)(H,35,36)(H4,24,25,28)(H4,26,27,29). The maximum atomic E-state index is 12.9. The third-order valence-corrected chi connectivity index (χ3v) is 5.08. The Hall–Kier alpha value is -4.56. The highest BCUT2D eigenvalue weighted by Gasteiger charge is 2.28. The van der Waals surface area contributed by atoms with E-state index in [1.807, 2.05) is 6.07 Å². The van der Waals surface area contributed by atoms with Crippen molar-refractivity contribution in [3.63, 3.8) is 0 Å². The molecule has 0 heterocycles. The SMILES string of the molecule is CC(NC(=O)OCc1ccccc1)C(=O)NC(CCCN=C(N)N)C(=O)NC(CCCN=C(N)N)C(=O)O. The second-order valence-corrected chi connectivity index (χ2v) is 8.29. The molecule has 15 heteroatoms. The Bertz CT molecular complexity index is 979. The van der Waals surface area contributed by atoms with Crippen molar-refractivity contribution < 1.29 is 29.0 Å². The van der Waals surface area contributed by atoms with E-state index in [-0.39, 0.29) is 44.5 Å². The molecule has 12 N–H and O–H groups in total. The van der Waals surface area contributed by atoms with Crippen LogP contribution in [0.2, 0.25) is 0 Å². The van der Waals surface area contributed by atoms with Crippen molar-refractivity contribution in [2.45, 2.75) is 57.3 Å². The first-order valence-electron chi connectivity index (χ1n) is 11.9. The highest BCUT2D eigenvalue weighted by molar-refractivity contribution is 5.92. The molecule has 1 rings (SSSR count). The number of carboxylic acid groups (broad SMARTS) is 1. The van der Waals surface area contributed by atoms with E-state index in [1.54, 1.807) is 24.3 Å². The number of aliphatic imine (C=N–C) groups is 2. The molecule has 0 saturated carbocycles. The van der Waals surface area contributed by atoms with Gasteiger partial charge in [-0.25, -0.2) is 9.59 Å². The van der Waals surface area contributed by atoms with Gasteiger partial charge in [-0.1, -0.05) is 30.3 Å². The number of ether oxygens (including phenoxy) is 1. The predicted octanol–water partition coefficient (Wildman–Crippen LogP) is -1.54. The smallest absolute Gasteiger partial charge is 0.408 e. The lowest BCUT2D eigenvalue weighted by molar-refractivity contribution is -0.142. The van der Waals surface area contributed by atoms with Crippen LogP contribution in [0, 0.1) is 0 Å². The molecule has 0 saturated heterocycles. The van der Waals surface area contributed by atoms with Crippen molar-refractivity contribution in [1.29, 1.82) is 0 Å². The van der Waals surface area contributed by atoms with Gasteiger partial charge in [-0.3, -0.25) is 19.6 Å². The van der Waals surface area contributed by atoms with Crippen LogP contribution in [0.3, 0.4) is 0 Å². The summed E-state index contributed by atoms with van der Waals surface area (Å²) in [5, 5.41) is 16.8. The zero-order chi connectivity index (χ0) is 28.5. The molecule has 0 aromatic heterocycles. The fourth-order valence-corrected chi connectivity index (χ4v) is 3.11. The third kappa shape index (κ3) is 13.5. The molecule has 3 atom stereocenters. The summed E-state index contributed by atoms with van der Waals surface area (Å²) in [6.45, 7) is 1.79. The van der Waals surface area contributed by atoms with E-state index in [1.165, 1.54) is 6.92 Å². The summed E-state index contributed by atoms with van der Waals surface area (Å²) in [7, 11) is 0. The molecule has 15 nitrogen and oxygen atoms in total. The summed E-state index contributed by atoms with van der Waals surface area (Å²) >= 11 is 0. The molecule has 0 aliphatic carbocycles. The van der Waals surface area contributed by atoms with Crippen molar-refractivity contribution in [3.8, 4) is 0 Å². The van der Waals surface area contributed by atoms with Crippen molar-refractivity contribution in [3.05, 3.63) is 35.9 Å². The second-order valence-electron chi connectivity index (χ2n) is 8.29. The van der Waals surface area contributed by atoms with E-state index in [4.69, 9.17) is 27.7 Å². The zero-order valence-electron chi connectivity index (χ0n) is 21.3. The Labute approximate surface area is 220 Å². The van der Waals surface area contributed by atoms with Crippen molar-refractivity contribution in [1.82, 2.24) is 16.0 Å². The molecule has 0 bridgehead atoms. The first-order valence-corrected chi connectivity index (χ1v) is 11.9. The van der Waals surface area contributed by atoms with Crippen molar-refractivity contribution in [2.75, 3.05) is 13.1 Å². The molecule has 38 heavy (non-hydrogen) atoms. The lowest BCUT2D eigenvalue weighted by atomic mass is 10.1. The molecule has 3 unspecified atom stereocenters. The van der Waals surface area contributed by atoms with Gasteiger partial charge in [0, 0.05) is 13.1 Å². The Balaban J connectivity index is 2.76. The zero-order valence-corrected chi connectivity index (χ0v) is 21.3. The Morgan fingerprint density at radius 2 is 1.37 bits per heavy atom. The maximum Gasteiger partial charge on any atom is 0.408 e. The van der Waals surface area contributed by atoms with Crippen molar-refractivity contribution >= 4 is 35.8 Å². The first-order chi connectivity index (χ1) is 18.0. The van der Waals surface area contributed by atoms with Crippen LogP contribution in [-0.2, 0) is 25.7 Å². The normalized spacial score (nSPS) is 12.7.